The number of sulfonamides is 1. The van der Waals surface area contributed by atoms with E-state index in [-0.39, 0.29) is 34.2 Å². The molecule has 1 fully saturated rings. The van der Waals surface area contributed by atoms with Crippen LogP contribution in [0.15, 0.2) is 17.0 Å². The van der Waals surface area contributed by atoms with Gasteiger partial charge >= 0.3 is 0 Å². The second-order valence-corrected chi connectivity index (χ2v) is 7.16. The Morgan fingerprint density at radius 1 is 1.48 bits per heavy atom. The summed E-state index contributed by atoms with van der Waals surface area (Å²) in [6.45, 7) is -0.0334. The average Bonchev–Trinajstić information content (AvgIpc) is 2.88. The molecule has 0 heterocycles. The first kappa shape index (κ1) is 16.6. The van der Waals surface area contributed by atoms with E-state index in [2.05, 4.69) is 4.72 Å². The zero-order chi connectivity index (χ0) is 15.6. The van der Waals surface area contributed by atoms with Gasteiger partial charge in [0.1, 0.15) is 5.82 Å². The highest BCUT2D eigenvalue weighted by atomic mass is 35.5. The predicted molar refractivity (Wildman–Crippen MR) is 78.1 cm³/mol. The summed E-state index contributed by atoms with van der Waals surface area (Å²) in [6.07, 6.45) is 2.15. The van der Waals surface area contributed by atoms with Gasteiger partial charge in [-0.25, -0.2) is 17.5 Å². The molecule has 8 heteroatoms. The standard InChI is InChI=1S/C13H18ClFN2O3S/c1-20-10-3-2-9(5-10)17-21(18,19)11-4-8(7-16)13(14)12(15)6-11/h4,6,9-10,17H,2-3,5,7,16H2,1H3. The summed E-state index contributed by atoms with van der Waals surface area (Å²) < 4.78 is 46.1. The summed E-state index contributed by atoms with van der Waals surface area (Å²) in [4.78, 5) is -0.161. The largest absolute Gasteiger partial charge is 0.381 e. The van der Waals surface area contributed by atoms with Crippen LogP contribution in [-0.4, -0.2) is 27.7 Å². The molecule has 0 aliphatic heterocycles. The fraction of sp³-hybridized carbons (Fsp3) is 0.538. The third-order valence-corrected chi connectivity index (χ3v) is 5.57. The van der Waals surface area contributed by atoms with Crippen LogP contribution in [0.2, 0.25) is 5.02 Å². The van der Waals surface area contributed by atoms with Crippen LogP contribution in [0, 0.1) is 5.82 Å². The first-order valence-electron chi connectivity index (χ1n) is 6.60. The van der Waals surface area contributed by atoms with E-state index in [9.17, 15) is 12.8 Å². The molecule has 0 bridgehead atoms. The van der Waals surface area contributed by atoms with E-state index >= 15 is 0 Å². The molecule has 5 nitrogen and oxygen atoms in total. The van der Waals surface area contributed by atoms with Gasteiger partial charge in [0.2, 0.25) is 10.0 Å². The minimum Gasteiger partial charge on any atom is -0.381 e. The molecule has 1 aliphatic rings. The maximum Gasteiger partial charge on any atom is 0.240 e. The van der Waals surface area contributed by atoms with Gasteiger partial charge in [-0.3, -0.25) is 0 Å². The summed E-state index contributed by atoms with van der Waals surface area (Å²) in [5.41, 5.74) is 5.71. The van der Waals surface area contributed by atoms with Crippen LogP contribution in [0.3, 0.4) is 0 Å². The van der Waals surface area contributed by atoms with Crippen LogP contribution < -0.4 is 10.5 Å². The van der Waals surface area contributed by atoms with E-state index in [1.165, 1.54) is 6.07 Å². The molecule has 1 aromatic rings. The fourth-order valence-electron chi connectivity index (χ4n) is 2.47. The lowest BCUT2D eigenvalue weighted by molar-refractivity contribution is 0.107. The number of hydrogen-bond acceptors (Lipinski definition) is 4. The van der Waals surface area contributed by atoms with Gasteiger partial charge in [-0.05, 0) is 37.0 Å². The van der Waals surface area contributed by atoms with Gasteiger partial charge in [-0.2, -0.15) is 0 Å². The van der Waals surface area contributed by atoms with E-state index in [0.717, 1.165) is 12.5 Å². The molecule has 2 atom stereocenters. The van der Waals surface area contributed by atoms with Crippen molar-refractivity contribution in [1.29, 1.82) is 0 Å². The van der Waals surface area contributed by atoms with Gasteiger partial charge in [0.25, 0.3) is 0 Å². The van der Waals surface area contributed by atoms with Crippen LogP contribution in [0.25, 0.3) is 0 Å². The zero-order valence-electron chi connectivity index (χ0n) is 11.6. The third kappa shape index (κ3) is 3.73. The lowest BCUT2D eigenvalue weighted by Gasteiger charge is -2.14. The van der Waals surface area contributed by atoms with Crippen molar-refractivity contribution >= 4 is 21.6 Å². The van der Waals surface area contributed by atoms with E-state index in [1.807, 2.05) is 0 Å². The predicted octanol–water partition coefficient (Wildman–Crippen LogP) is 1.78. The second-order valence-electron chi connectivity index (χ2n) is 5.07. The van der Waals surface area contributed by atoms with Gasteiger partial charge < -0.3 is 10.5 Å². The molecule has 0 saturated heterocycles. The highest BCUT2D eigenvalue weighted by Gasteiger charge is 2.29. The van der Waals surface area contributed by atoms with Crippen molar-refractivity contribution in [3.63, 3.8) is 0 Å². The zero-order valence-corrected chi connectivity index (χ0v) is 13.2. The van der Waals surface area contributed by atoms with Crippen molar-refractivity contribution in [2.24, 2.45) is 5.73 Å². The molecule has 2 rings (SSSR count). The molecule has 1 aliphatic carbocycles. The Balaban J connectivity index is 2.22. The lowest BCUT2D eigenvalue weighted by atomic mass is 10.2. The van der Waals surface area contributed by atoms with Gasteiger partial charge in [0.05, 0.1) is 16.0 Å². The van der Waals surface area contributed by atoms with Gasteiger partial charge in [0.15, 0.2) is 0 Å². The van der Waals surface area contributed by atoms with Crippen LogP contribution in [-0.2, 0) is 21.3 Å². The number of nitrogens with two attached hydrogens (primary N) is 1. The maximum atomic E-state index is 13.7. The summed E-state index contributed by atoms with van der Waals surface area (Å²) in [7, 11) is -2.21. The van der Waals surface area contributed by atoms with E-state index in [4.69, 9.17) is 22.1 Å². The highest BCUT2D eigenvalue weighted by Crippen LogP contribution is 2.26. The first-order chi connectivity index (χ1) is 9.87. The average molecular weight is 337 g/mol. The third-order valence-electron chi connectivity index (χ3n) is 3.65. The maximum absolute atomic E-state index is 13.7. The normalized spacial score (nSPS) is 22.7. The topological polar surface area (TPSA) is 81.4 Å². The summed E-state index contributed by atoms with van der Waals surface area (Å²) >= 11 is 5.74. The van der Waals surface area contributed by atoms with Crippen molar-refractivity contribution in [3.8, 4) is 0 Å². The van der Waals surface area contributed by atoms with Gasteiger partial charge in [0, 0.05) is 19.7 Å². The Bertz CT molecular complexity index is 624. The summed E-state index contributed by atoms with van der Waals surface area (Å²) in [6, 6.07) is 2.00. The number of methoxy groups -OCH3 is 1. The van der Waals surface area contributed by atoms with Crippen LogP contribution in [0.1, 0.15) is 24.8 Å². The van der Waals surface area contributed by atoms with Crippen molar-refractivity contribution in [3.05, 3.63) is 28.5 Å². The van der Waals surface area contributed by atoms with Gasteiger partial charge in [-0.1, -0.05) is 11.6 Å². The second kappa shape index (κ2) is 6.58. The molecule has 0 amide bonds. The van der Waals surface area contributed by atoms with Gasteiger partial charge in [-0.15, -0.1) is 0 Å². The molecule has 1 aromatic carbocycles. The van der Waals surface area contributed by atoms with Crippen LogP contribution in [0.4, 0.5) is 4.39 Å². The smallest absolute Gasteiger partial charge is 0.240 e. The molecule has 21 heavy (non-hydrogen) atoms. The summed E-state index contributed by atoms with van der Waals surface area (Å²) in [5.74, 6) is -0.791. The molecular formula is C13H18ClFN2O3S. The number of benzene rings is 1. The molecule has 1 saturated carbocycles. The Kier molecular flexibility index (Phi) is 5.21. The Morgan fingerprint density at radius 2 is 2.19 bits per heavy atom. The van der Waals surface area contributed by atoms with Crippen molar-refractivity contribution in [2.45, 2.75) is 42.8 Å². The molecule has 0 aromatic heterocycles. The van der Waals surface area contributed by atoms with Crippen molar-refractivity contribution in [1.82, 2.24) is 4.72 Å². The lowest BCUT2D eigenvalue weighted by Crippen LogP contribution is -2.33. The van der Waals surface area contributed by atoms with E-state index in [1.54, 1.807) is 7.11 Å². The Labute approximate surface area is 128 Å². The number of halogens is 2. The molecule has 0 spiro atoms. The number of nitrogens with one attached hydrogen (secondary N) is 1. The minimum atomic E-state index is -3.81. The number of rotatable bonds is 5. The first-order valence-corrected chi connectivity index (χ1v) is 8.46. The van der Waals surface area contributed by atoms with Crippen molar-refractivity contribution in [2.75, 3.05) is 7.11 Å². The van der Waals surface area contributed by atoms with E-state index < -0.39 is 15.8 Å². The molecule has 2 unspecified atom stereocenters. The summed E-state index contributed by atoms with van der Waals surface area (Å²) in [5, 5.41) is -0.142. The molecule has 3 N–H and O–H groups in total. The molecular weight excluding hydrogens is 319 g/mol. The monoisotopic (exact) mass is 336 g/mol. The fourth-order valence-corrected chi connectivity index (χ4v) is 4.00. The van der Waals surface area contributed by atoms with Crippen LogP contribution >= 0.6 is 11.6 Å². The van der Waals surface area contributed by atoms with E-state index in [0.29, 0.717) is 12.8 Å². The SMILES string of the molecule is COC1CCC(NS(=O)(=O)c2cc(F)c(Cl)c(CN)c2)C1. The highest BCUT2D eigenvalue weighted by molar-refractivity contribution is 7.89. The minimum absolute atomic E-state index is 0.0334. The quantitative estimate of drug-likeness (QED) is 0.858. The number of hydrogen-bond donors (Lipinski definition) is 2. The Morgan fingerprint density at radius 3 is 2.76 bits per heavy atom. The van der Waals surface area contributed by atoms with Crippen LogP contribution in [0.5, 0.6) is 0 Å². The van der Waals surface area contributed by atoms with Crippen molar-refractivity contribution < 1.29 is 17.5 Å². The number of ether oxygens (including phenoxy) is 1. The Hall–Kier alpha value is -0.730. The molecule has 118 valence electrons. The molecule has 0 radical (unpaired) electrons.